The maximum atomic E-state index is 12.3. The molecule has 0 radical (unpaired) electrons. The number of morpholine rings is 1. The lowest BCUT2D eigenvalue weighted by atomic mass is 10.1. The van der Waals surface area contributed by atoms with Gasteiger partial charge in [-0.05, 0) is 37.1 Å². The van der Waals surface area contributed by atoms with Gasteiger partial charge in [-0.25, -0.2) is 4.79 Å². The Hall–Kier alpha value is -2.08. The number of aryl methyl sites for hydroxylation is 2. The van der Waals surface area contributed by atoms with Crippen molar-refractivity contribution in [2.45, 2.75) is 26.3 Å². The third-order valence-electron chi connectivity index (χ3n) is 4.55. The van der Waals surface area contributed by atoms with Gasteiger partial charge in [0.25, 0.3) is 0 Å². The maximum Gasteiger partial charge on any atom is 0.317 e. The number of ether oxygens (including phenoxy) is 1. The summed E-state index contributed by atoms with van der Waals surface area (Å²) in [6, 6.07) is 5.77. The SMILES string of the molecule is Cc1ccc(N2C[C@H](NC(=O)N3CCOCC3)CC2=O)cc1C. The zero-order valence-corrected chi connectivity index (χ0v) is 13.7. The Labute approximate surface area is 136 Å². The number of rotatable bonds is 2. The number of urea groups is 1. The first-order valence-corrected chi connectivity index (χ1v) is 8.05. The summed E-state index contributed by atoms with van der Waals surface area (Å²) >= 11 is 0. The van der Waals surface area contributed by atoms with Crippen molar-refractivity contribution < 1.29 is 14.3 Å². The second-order valence-corrected chi connectivity index (χ2v) is 6.22. The van der Waals surface area contributed by atoms with Crippen molar-refractivity contribution in [2.24, 2.45) is 0 Å². The predicted molar refractivity (Wildman–Crippen MR) is 87.6 cm³/mol. The number of benzene rings is 1. The molecule has 1 aromatic rings. The second-order valence-electron chi connectivity index (χ2n) is 6.22. The normalized spacial score (nSPS) is 21.7. The minimum absolute atomic E-state index is 0.0560. The van der Waals surface area contributed by atoms with E-state index in [4.69, 9.17) is 4.74 Å². The number of nitrogens with zero attached hydrogens (tertiary/aromatic N) is 2. The number of amides is 3. The van der Waals surface area contributed by atoms with Crippen molar-refractivity contribution in [2.75, 3.05) is 37.7 Å². The summed E-state index contributed by atoms with van der Waals surface area (Å²) in [5.41, 5.74) is 3.27. The van der Waals surface area contributed by atoms with Gasteiger partial charge in [0, 0.05) is 31.7 Å². The van der Waals surface area contributed by atoms with E-state index in [1.807, 2.05) is 25.1 Å². The van der Waals surface area contributed by atoms with Gasteiger partial charge >= 0.3 is 6.03 Å². The van der Waals surface area contributed by atoms with E-state index in [1.54, 1.807) is 9.80 Å². The molecule has 3 rings (SSSR count). The minimum Gasteiger partial charge on any atom is -0.378 e. The van der Waals surface area contributed by atoms with E-state index in [9.17, 15) is 9.59 Å². The van der Waals surface area contributed by atoms with E-state index in [2.05, 4.69) is 12.2 Å². The van der Waals surface area contributed by atoms with E-state index in [-0.39, 0.29) is 18.0 Å². The molecule has 0 aliphatic carbocycles. The van der Waals surface area contributed by atoms with E-state index in [1.165, 1.54) is 5.56 Å². The van der Waals surface area contributed by atoms with Gasteiger partial charge in [0.2, 0.25) is 5.91 Å². The van der Waals surface area contributed by atoms with Crippen LogP contribution in [0.1, 0.15) is 17.5 Å². The van der Waals surface area contributed by atoms with Crippen molar-refractivity contribution >= 4 is 17.6 Å². The third-order valence-corrected chi connectivity index (χ3v) is 4.55. The molecule has 1 aromatic carbocycles. The highest BCUT2D eigenvalue weighted by Gasteiger charge is 2.32. The smallest absolute Gasteiger partial charge is 0.317 e. The van der Waals surface area contributed by atoms with Gasteiger partial charge in [-0.2, -0.15) is 0 Å². The number of hydrogen-bond acceptors (Lipinski definition) is 3. The Bertz CT molecular complexity index is 611. The fourth-order valence-electron chi connectivity index (χ4n) is 2.98. The average Bonchev–Trinajstić information content (AvgIpc) is 2.91. The van der Waals surface area contributed by atoms with Gasteiger partial charge in [-0.1, -0.05) is 6.07 Å². The van der Waals surface area contributed by atoms with Crippen molar-refractivity contribution in [3.63, 3.8) is 0 Å². The summed E-state index contributed by atoms with van der Waals surface area (Å²) in [5.74, 6) is 0.0560. The van der Waals surface area contributed by atoms with Crippen LogP contribution in [0.25, 0.3) is 0 Å². The van der Waals surface area contributed by atoms with Crippen LogP contribution in [0, 0.1) is 13.8 Å². The molecule has 1 N–H and O–H groups in total. The van der Waals surface area contributed by atoms with Crippen LogP contribution in [0.4, 0.5) is 10.5 Å². The van der Waals surface area contributed by atoms with Crippen molar-refractivity contribution in [3.05, 3.63) is 29.3 Å². The highest BCUT2D eigenvalue weighted by Crippen LogP contribution is 2.24. The monoisotopic (exact) mass is 317 g/mol. The van der Waals surface area contributed by atoms with Crippen molar-refractivity contribution in [1.82, 2.24) is 10.2 Å². The van der Waals surface area contributed by atoms with Crippen LogP contribution in [0.15, 0.2) is 18.2 Å². The number of nitrogens with one attached hydrogen (secondary N) is 1. The molecular weight excluding hydrogens is 294 g/mol. The number of hydrogen-bond donors (Lipinski definition) is 1. The Kier molecular flexibility index (Phi) is 4.52. The quantitative estimate of drug-likeness (QED) is 0.898. The second kappa shape index (κ2) is 6.58. The molecule has 0 aromatic heterocycles. The molecule has 2 aliphatic heterocycles. The van der Waals surface area contributed by atoms with E-state index < -0.39 is 0 Å². The Morgan fingerprint density at radius 2 is 1.96 bits per heavy atom. The molecule has 23 heavy (non-hydrogen) atoms. The molecule has 2 fully saturated rings. The third kappa shape index (κ3) is 3.47. The summed E-state index contributed by atoms with van der Waals surface area (Å²) in [6.45, 7) is 6.98. The summed E-state index contributed by atoms with van der Waals surface area (Å²) < 4.78 is 5.25. The van der Waals surface area contributed by atoms with Crippen LogP contribution in [0.3, 0.4) is 0 Å². The van der Waals surface area contributed by atoms with Gasteiger partial charge < -0.3 is 19.9 Å². The fraction of sp³-hybridized carbons (Fsp3) is 0.529. The van der Waals surface area contributed by atoms with E-state index in [0.29, 0.717) is 39.3 Å². The van der Waals surface area contributed by atoms with Gasteiger partial charge in [-0.3, -0.25) is 4.79 Å². The maximum absolute atomic E-state index is 12.3. The van der Waals surface area contributed by atoms with E-state index >= 15 is 0 Å². The predicted octanol–water partition coefficient (Wildman–Crippen LogP) is 1.45. The average molecular weight is 317 g/mol. The highest BCUT2D eigenvalue weighted by molar-refractivity contribution is 5.96. The molecule has 124 valence electrons. The number of anilines is 1. The lowest BCUT2D eigenvalue weighted by Crippen LogP contribution is -2.49. The van der Waals surface area contributed by atoms with Crippen LogP contribution in [0.2, 0.25) is 0 Å². The summed E-state index contributed by atoms with van der Waals surface area (Å²) in [6.07, 6.45) is 0.350. The van der Waals surface area contributed by atoms with Crippen LogP contribution < -0.4 is 10.2 Å². The van der Waals surface area contributed by atoms with Gasteiger partial charge in [0.1, 0.15) is 0 Å². The largest absolute Gasteiger partial charge is 0.378 e. The Morgan fingerprint density at radius 1 is 1.22 bits per heavy atom. The van der Waals surface area contributed by atoms with Gasteiger partial charge in [0.05, 0.1) is 19.3 Å². The molecule has 2 heterocycles. The van der Waals surface area contributed by atoms with Crippen LogP contribution in [-0.4, -0.2) is 55.7 Å². The lowest BCUT2D eigenvalue weighted by Gasteiger charge is -2.28. The Morgan fingerprint density at radius 3 is 2.65 bits per heavy atom. The van der Waals surface area contributed by atoms with Gasteiger partial charge in [0.15, 0.2) is 0 Å². The number of carbonyl (C=O) groups is 2. The molecule has 6 heteroatoms. The molecule has 1 atom stereocenters. The topological polar surface area (TPSA) is 61.9 Å². The molecule has 0 bridgehead atoms. The lowest BCUT2D eigenvalue weighted by molar-refractivity contribution is -0.117. The zero-order chi connectivity index (χ0) is 16.4. The molecule has 3 amide bonds. The molecule has 0 saturated carbocycles. The zero-order valence-electron chi connectivity index (χ0n) is 13.7. The molecular formula is C17H23N3O3. The van der Waals surface area contributed by atoms with Gasteiger partial charge in [-0.15, -0.1) is 0 Å². The molecule has 6 nitrogen and oxygen atoms in total. The summed E-state index contributed by atoms with van der Waals surface area (Å²) in [4.78, 5) is 28.0. The fourth-order valence-corrected chi connectivity index (χ4v) is 2.98. The standard InChI is InChI=1S/C17H23N3O3/c1-12-3-4-15(9-13(12)2)20-11-14(10-16(20)21)18-17(22)19-5-7-23-8-6-19/h3-4,9,14H,5-8,10-11H2,1-2H3,(H,18,22)/t14-/m1/s1. The summed E-state index contributed by atoms with van der Waals surface area (Å²) in [7, 11) is 0. The first-order chi connectivity index (χ1) is 11.0. The first-order valence-electron chi connectivity index (χ1n) is 8.05. The molecule has 2 saturated heterocycles. The molecule has 0 unspecified atom stereocenters. The minimum atomic E-state index is -0.139. The van der Waals surface area contributed by atoms with Crippen LogP contribution in [0.5, 0.6) is 0 Å². The highest BCUT2D eigenvalue weighted by atomic mass is 16.5. The van der Waals surface area contributed by atoms with Crippen molar-refractivity contribution in [3.8, 4) is 0 Å². The molecule has 0 spiro atoms. The first kappa shape index (κ1) is 15.8. The number of carbonyl (C=O) groups excluding carboxylic acids is 2. The van der Waals surface area contributed by atoms with Crippen molar-refractivity contribution in [1.29, 1.82) is 0 Å². The molecule has 2 aliphatic rings. The summed E-state index contributed by atoms with van der Waals surface area (Å²) in [5, 5.41) is 2.97. The van der Waals surface area contributed by atoms with Crippen LogP contribution >= 0.6 is 0 Å². The van der Waals surface area contributed by atoms with E-state index in [0.717, 1.165) is 11.3 Å². The Balaban J connectivity index is 1.62. The van der Waals surface area contributed by atoms with Crippen LogP contribution in [-0.2, 0) is 9.53 Å².